The van der Waals surface area contributed by atoms with Crippen molar-refractivity contribution in [1.82, 2.24) is 0 Å². The first-order valence-corrected chi connectivity index (χ1v) is 4.39. The van der Waals surface area contributed by atoms with Crippen LogP contribution < -0.4 is 0 Å². The van der Waals surface area contributed by atoms with Gasteiger partial charge in [-0.1, -0.05) is 0 Å². The molecule has 2 heterocycles. The molecule has 0 amide bonds. The van der Waals surface area contributed by atoms with E-state index in [1.54, 1.807) is 6.92 Å². The molecule has 0 bridgehead atoms. The van der Waals surface area contributed by atoms with Gasteiger partial charge in [0.2, 0.25) is 0 Å². The molecule has 0 aromatic rings. The first-order valence-electron chi connectivity index (χ1n) is 4.39. The lowest BCUT2D eigenvalue weighted by Gasteiger charge is -2.29. The second-order valence-electron chi connectivity index (χ2n) is 3.27. The molecule has 0 unspecified atom stereocenters. The quantitative estimate of drug-likeness (QED) is 0.533. The van der Waals surface area contributed by atoms with Gasteiger partial charge in [-0.3, -0.25) is 4.79 Å². The van der Waals surface area contributed by atoms with E-state index in [2.05, 4.69) is 0 Å². The Kier molecular flexibility index (Phi) is 2.13. The fourth-order valence-electron chi connectivity index (χ4n) is 1.66. The summed E-state index contributed by atoms with van der Waals surface area (Å²) in [7, 11) is 0. The largest absolute Gasteiger partial charge is 0.462 e. The van der Waals surface area contributed by atoms with E-state index in [-0.39, 0.29) is 18.0 Å². The van der Waals surface area contributed by atoms with Crippen LogP contribution in [0.5, 0.6) is 0 Å². The highest BCUT2D eigenvalue weighted by molar-refractivity contribution is 6.07. The van der Waals surface area contributed by atoms with Gasteiger partial charge in [0, 0.05) is 12.0 Å². The summed E-state index contributed by atoms with van der Waals surface area (Å²) in [6.45, 7) is 1.75. The zero-order valence-corrected chi connectivity index (χ0v) is 7.65. The van der Waals surface area contributed by atoms with Crippen LogP contribution in [-0.4, -0.2) is 35.9 Å². The third-order valence-corrected chi connectivity index (χ3v) is 2.38. The summed E-state index contributed by atoms with van der Waals surface area (Å²) in [5.74, 6) is -0.888. The van der Waals surface area contributed by atoms with Gasteiger partial charge in [-0.25, -0.2) is 4.79 Å². The van der Waals surface area contributed by atoms with Crippen LogP contribution >= 0.6 is 0 Å². The lowest BCUT2D eigenvalue weighted by molar-refractivity contribution is -0.163. The van der Waals surface area contributed by atoms with E-state index < -0.39 is 18.4 Å². The molecule has 0 aromatic heterocycles. The number of hydrogen-bond acceptors (Lipinski definition) is 5. The Morgan fingerprint density at radius 1 is 1.43 bits per heavy atom. The monoisotopic (exact) mass is 198 g/mol. The average molecular weight is 198 g/mol. The summed E-state index contributed by atoms with van der Waals surface area (Å²) >= 11 is 0. The molecule has 14 heavy (non-hydrogen) atoms. The standard InChI is InChI=1S/C9H10O5/c1-4-7(10)5-2-3-13-8(11)6(5)9(12)14-4/h4,9,12H,2-3H2,1H3/t4-,9+/m1/s1. The van der Waals surface area contributed by atoms with Crippen LogP contribution in [0.25, 0.3) is 0 Å². The molecule has 0 spiro atoms. The normalized spacial score (nSPS) is 32.7. The Morgan fingerprint density at radius 3 is 2.86 bits per heavy atom. The average Bonchev–Trinajstić information content (AvgIpc) is 2.14. The summed E-state index contributed by atoms with van der Waals surface area (Å²) in [6, 6.07) is 0. The lowest BCUT2D eigenvalue weighted by atomic mass is 9.93. The van der Waals surface area contributed by atoms with Crippen molar-refractivity contribution in [3.05, 3.63) is 11.1 Å². The number of Topliss-reactive ketones (excluding diaryl/α,β-unsaturated/α-hetero) is 1. The molecular weight excluding hydrogens is 188 g/mol. The summed E-state index contributed by atoms with van der Waals surface area (Å²) in [6.07, 6.45) is -1.65. The second-order valence-corrected chi connectivity index (χ2v) is 3.27. The van der Waals surface area contributed by atoms with Gasteiger partial charge < -0.3 is 14.6 Å². The number of cyclic esters (lactones) is 1. The minimum absolute atomic E-state index is 0.0284. The number of aliphatic hydroxyl groups is 1. The Balaban J connectivity index is 2.46. The second kappa shape index (κ2) is 3.18. The van der Waals surface area contributed by atoms with E-state index in [0.29, 0.717) is 12.0 Å². The Morgan fingerprint density at radius 2 is 2.14 bits per heavy atom. The van der Waals surface area contributed by atoms with E-state index >= 15 is 0 Å². The third-order valence-electron chi connectivity index (χ3n) is 2.38. The Labute approximate surface area is 80.3 Å². The molecule has 0 radical (unpaired) electrons. The van der Waals surface area contributed by atoms with Crippen molar-refractivity contribution < 1.29 is 24.2 Å². The van der Waals surface area contributed by atoms with Gasteiger partial charge in [0.05, 0.1) is 12.2 Å². The van der Waals surface area contributed by atoms with Crippen molar-refractivity contribution in [3.63, 3.8) is 0 Å². The maximum atomic E-state index is 11.5. The number of aliphatic hydroxyl groups excluding tert-OH is 1. The molecule has 76 valence electrons. The van der Waals surface area contributed by atoms with Gasteiger partial charge in [-0.15, -0.1) is 0 Å². The summed E-state index contributed by atoms with van der Waals surface area (Å²) in [4.78, 5) is 22.8. The van der Waals surface area contributed by atoms with E-state index in [0.717, 1.165) is 0 Å². The van der Waals surface area contributed by atoms with Crippen LogP contribution in [0.1, 0.15) is 13.3 Å². The summed E-state index contributed by atoms with van der Waals surface area (Å²) < 4.78 is 9.60. The molecule has 2 aliphatic rings. The molecule has 2 rings (SSSR count). The number of ketones is 1. The Bertz CT molecular complexity index is 330. The zero-order chi connectivity index (χ0) is 10.3. The van der Waals surface area contributed by atoms with E-state index in [1.165, 1.54) is 0 Å². The molecule has 5 nitrogen and oxygen atoms in total. The number of esters is 1. The fourth-order valence-corrected chi connectivity index (χ4v) is 1.66. The van der Waals surface area contributed by atoms with Crippen LogP contribution in [0, 0.1) is 0 Å². The first kappa shape index (κ1) is 9.36. The Hall–Kier alpha value is -1.20. The maximum absolute atomic E-state index is 11.5. The summed E-state index contributed by atoms with van der Waals surface area (Å²) in [5, 5.41) is 9.43. The molecule has 0 aliphatic carbocycles. The van der Waals surface area contributed by atoms with Crippen LogP contribution in [0.2, 0.25) is 0 Å². The van der Waals surface area contributed by atoms with Gasteiger partial charge >= 0.3 is 5.97 Å². The molecular formula is C9H10O5. The van der Waals surface area contributed by atoms with Crippen LogP contribution in [-0.2, 0) is 19.1 Å². The maximum Gasteiger partial charge on any atom is 0.339 e. The molecule has 5 heteroatoms. The topological polar surface area (TPSA) is 72.8 Å². The summed E-state index contributed by atoms with van der Waals surface area (Å²) in [5.41, 5.74) is 0.326. The van der Waals surface area contributed by atoms with Gasteiger partial charge in [-0.2, -0.15) is 0 Å². The highest BCUT2D eigenvalue weighted by atomic mass is 16.6. The molecule has 0 saturated carbocycles. The van der Waals surface area contributed by atoms with E-state index in [4.69, 9.17) is 9.47 Å². The van der Waals surface area contributed by atoms with E-state index in [9.17, 15) is 14.7 Å². The van der Waals surface area contributed by atoms with Crippen molar-refractivity contribution in [2.24, 2.45) is 0 Å². The first-order chi connectivity index (χ1) is 6.61. The minimum atomic E-state index is -1.33. The minimum Gasteiger partial charge on any atom is -0.462 e. The highest BCUT2D eigenvalue weighted by Gasteiger charge is 2.39. The SMILES string of the molecule is C[C@H]1O[C@H](O)C2=C(CCOC2=O)C1=O. The molecule has 1 N–H and O–H groups in total. The number of carbonyl (C=O) groups is 2. The van der Waals surface area contributed by atoms with E-state index in [1.807, 2.05) is 0 Å². The van der Waals surface area contributed by atoms with Crippen molar-refractivity contribution in [2.75, 3.05) is 6.61 Å². The van der Waals surface area contributed by atoms with Crippen molar-refractivity contribution in [2.45, 2.75) is 25.7 Å². The molecule has 0 fully saturated rings. The third kappa shape index (κ3) is 1.25. The van der Waals surface area contributed by atoms with Gasteiger partial charge in [0.15, 0.2) is 12.1 Å². The van der Waals surface area contributed by atoms with Crippen molar-refractivity contribution >= 4 is 11.8 Å². The smallest absolute Gasteiger partial charge is 0.339 e. The fraction of sp³-hybridized carbons (Fsp3) is 0.556. The van der Waals surface area contributed by atoms with Crippen LogP contribution in [0.15, 0.2) is 11.1 Å². The molecule has 0 saturated heterocycles. The van der Waals surface area contributed by atoms with Crippen molar-refractivity contribution in [1.29, 1.82) is 0 Å². The molecule has 2 aliphatic heterocycles. The van der Waals surface area contributed by atoms with Crippen LogP contribution in [0.4, 0.5) is 0 Å². The van der Waals surface area contributed by atoms with Crippen molar-refractivity contribution in [3.8, 4) is 0 Å². The van der Waals surface area contributed by atoms with Crippen LogP contribution in [0.3, 0.4) is 0 Å². The predicted molar refractivity (Wildman–Crippen MR) is 44.2 cm³/mol. The zero-order valence-electron chi connectivity index (χ0n) is 7.65. The number of carbonyl (C=O) groups excluding carboxylic acids is 2. The number of rotatable bonds is 0. The lowest BCUT2D eigenvalue weighted by Crippen LogP contribution is -2.41. The van der Waals surface area contributed by atoms with Gasteiger partial charge in [0.1, 0.15) is 6.10 Å². The highest BCUT2D eigenvalue weighted by Crippen LogP contribution is 2.28. The van der Waals surface area contributed by atoms with Gasteiger partial charge in [0.25, 0.3) is 0 Å². The molecule has 2 atom stereocenters. The molecule has 0 aromatic carbocycles. The predicted octanol–water partition coefficient (Wildman–Crippen LogP) is -0.464. The number of hydrogen-bond donors (Lipinski definition) is 1. The van der Waals surface area contributed by atoms with Gasteiger partial charge in [-0.05, 0) is 6.92 Å². The number of ether oxygens (including phenoxy) is 2.